The van der Waals surface area contributed by atoms with Crippen molar-refractivity contribution in [3.63, 3.8) is 0 Å². The van der Waals surface area contributed by atoms with Crippen LogP contribution in [0.25, 0.3) is 73.4 Å². The second-order valence-electron chi connectivity index (χ2n) is 14.6. The number of thiophene rings is 2. The number of hydrogen-bond acceptors (Lipinski definition) is 4. The summed E-state index contributed by atoms with van der Waals surface area (Å²) in [5.74, 6) is 0. The molecule has 4 heteroatoms. The van der Waals surface area contributed by atoms with Crippen LogP contribution in [-0.4, -0.2) is 0 Å². The van der Waals surface area contributed by atoms with E-state index in [1.165, 1.54) is 73.5 Å². The Morgan fingerprint density at radius 3 is 1.54 bits per heavy atom. The Hall–Kier alpha value is -6.20. The molecule has 0 N–H and O–H groups in total. The first-order valence-electron chi connectivity index (χ1n) is 18.4. The molecule has 2 nitrogen and oxygen atoms in total. The summed E-state index contributed by atoms with van der Waals surface area (Å²) in [6, 6.07) is 62.5. The van der Waals surface area contributed by atoms with Gasteiger partial charge in [-0.2, -0.15) is 0 Å². The molecule has 1 aliphatic rings. The first kappa shape index (κ1) is 30.3. The molecule has 11 aromatic rings. The minimum atomic E-state index is -0.350. The summed E-state index contributed by atoms with van der Waals surface area (Å²) in [5, 5.41) is 7.51. The molecule has 254 valence electrons. The summed E-state index contributed by atoms with van der Waals surface area (Å²) >= 11 is 3.72. The maximum Gasteiger partial charge on any atom is 0.135 e. The number of hydrogen-bond donors (Lipinski definition) is 0. The fourth-order valence-corrected chi connectivity index (χ4v) is 11.5. The molecule has 0 aliphatic heterocycles. The Morgan fingerprint density at radius 1 is 0.407 bits per heavy atom. The van der Waals surface area contributed by atoms with E-state index in [2.05, 4.69) is 182 Å². The molecule has 54 heavy (non-hydrogen) atoms. The number of rotatable bonds is 4. The van der Waals surface area contributed by atoms with Crippen molar-refractivity contribution in [2.75, 3.05) is 4.90 Å². The molecule has 3 aromatic heterocycles. The standard InChI is InChI=1S/C50H31NOS2/c1-50(40-15-6-2-11-33(40)34-12-3-7-16-41(34)50)42-17-10-18-44-49(42)39-27-30(23-26-43(39)52-44)51(31-21-24-37-35-13-4-8-19-45(35)53-47(37)28-31)32-22-25-38-36-14-5-9-20-46(36)54-48(38)29-32/h2-29H,1H3. The predicted octanol–water partition coefficient (Wildman–Crippen LogP) is 15.1. The number of nitrogens with zero attached hydrogens (tertiary/aromatic N) is 1. The van der Waals surface area contributed by atoms with E-state index in [1.807, 2.05) is 22.7 Å². The van der Waals surface area contributed by atoms with E-state index in [-0.39, 0.29) is 5.41 Å². The van der Waals surface area contributed by atoms with Crippen molar-refractivity contribution in [1.29, 1.82) is 0 Å². The fourth-order valence-electron chi connectivity index (χ4n) is 9.27. The largest absolute Gasteiger partial charge is 0.456 e. The van der Waals surface area contributed by atoms with E-state index in [1.54, 1.807) is 0 Å². The minimum Gasteiger partial charge on any atom is -0.456 e. The van der Waals surface area contributed by atoms with E-state index in [0.717, 1.165) is 33.6 Å². The summed E-state index contributed by atoms with van der Waals surface area (Å²) in [4.78, 5) is 2.43. The molecule has 0 saturated carbocycles. The fraction of sp³-hybridized carbons (Fsp3) is 0.0400. The highest BCUT2D eigenvalue weighted by Crippen LogP contribution is 2.55. The average molecular weight is 726 g/mol. The smallest absolute Gasteiger partial charge is 0.135 e. The van der Waals surface area contributed by atoms with Crippen LogP contribution in [0.1, 0.15) is 23.6 Å². The maximum atomic E-state index is 6.69. The highest BCUT2D eigenvalue weighted by atomic mass is 32.1. The molecule has 0 saturated heterocycles. The van der Waals surface area contributed by atoms with Gasteiger partial charge in [-0.25, -0.2) is 0 Å². The van der Waals surface area contributed by atoms with Gasteiger partial charge in [0.05, 0.1) is 0 Å². The minimum absolute atomic E-state index is 0.350. The quantitative estimate of drug-likeness (QED) is 0.180. The van der Waals surface area contributed by atoms with Crippen molar-refractivity contribution in [2.24, 2.45) is 0 Å². The summed E-state index contributed by atoms with van der Waals surface area (Å²) < 4.78 is 11.9. The molecule has 8 aromatic carbocycles. The van der Waals surface area contributed by atoms with Gasteiger partial charge in [0, 0.05) is 73.6 Å². The van der Waals surface area contributed by atoms with Crippen molar-refractivity contribution in [2.45, 2.75) is 12.3 Å². The van der Waals surface area contributed by atoms with Crippen molar-refractivity contribution < 1.29 is 4.42 Å². The molecule has 0 bridgehead atoms. The molecule has 3 heterocycles. The van der Waals surface area contributed by atoms with E-state index in [4.69, 9.17) is 4.42 Å². The van der Waals surface area contributed by atoms with Gasteiger partial charge in [-0.1, -0.05) is 109 Å². The number of anilines is 3. The van der Waals surface area contributed by atoms with Gasteiger partial charge < -0.3 is 9.32 Å². The number of furan rings is 1. The molecule has 1 aliphatic carbocycles. The zero-order valence-electron chi connectivity index (χ0n) is 29.3. The molecular formula is C50H31NOS2. The van der Waals surface area contributed by atoms with Crippen molar-refractivity contribution in [3.8, 4) is 11.1 Å². The topological polar surface area (TPSA) is 16.4 Å². The predicted molar refractivity (Wildman–Crippen MR) is 232 cm³/mol. The van der Waals surface area contributed by atoms with Gasteiger partial charge in [0.2, 0.25) is 0 Å². The second kappa shape index (κ2) is 11.2. The summed E-state index contributed by atoms with van der Waals surface area (Å²) in [7, 11) is 0. The van der Waals surface area contributed by atoms with Gasteiger partial charge in [-0.15, -0.1) is 22.7 Å². The Kier molecular flexibility index (Phi) is 6.26. The summed E-state index contributed by atoms with van der Waals surface area (Å²) in [6.07, 6.45) is 0. The lowest BCUT2D eigenvalue weighted by Crippen LogP contribution is -2.22. The van der Waals surface area contributed by atoms with Crippen LogP contribution in [0.2, 0.25) is 0 Å². The van der Waals surface area contributed by atoms with E-state index in [0.29, 0.717) is 0 Å². The van der Waals surface area contributed by atoms with Gasteiger partial charge in [0.1, 0.15) is 11.2 Å². The highest BCUT2D eigenvalue weighted by Gasteiger charge is 2.42. The van der Waals surface area contributed by atoms with E-state index < -0.39 is 0 Å². The molecule has 0 radical (unpaired) electrons. The SMILES string of the molecule is CC1(c2cccc3oc4ccc(N(c5ccc6c(c5)sc5ccccc56)c5ccc6c(c5)sc5ccccc56)cc4c23)c2ccccc2-c2ccccc21. The van der Waals surface area contributed by atoms with E-state index >= 15 is 0 Å². The van der Waals surface area contributed by atoms with Crippen LogP contribution in [0.3, 0.4) is 0 Å². The maximum absolute atomic E-state index is 6.69. The Labute approximate surface area is 319 Å². The normalized spacial score (nSPS) is 13.4. The zero-order chi connectivity index (χ0) is 35.5. The van der Waals surface area contributed by atoms with Crippen LogP contribution < -0.4 is 4.90 Å². The Morgan fingerprint density at radius 2 is 0.907 bits per heavy atom. The third kappa shape index (κ3) is 4.15. The average Bonchev–Trinajstić information content (AvgIpc) is 3.96. The molecule has 0 atom stereocenters. The molecule has 0 unspecified atom stereocenters. The molecule has 0 fully saturated rings. The van der Waals surface area contributed by atoms with Gasteiger partial charge >= 0.3 is 0 Å². The summed E-state index contributed by atoms with van der Waals surface area (Å²) in [5.41, 5.74) is 11.4. The highest BCUT2D eigenvalue weighted by molar-refractivity contribution is 7.26. The molecular weight excluding hydrogens is 695 g/mol. The molecule has 12 rings (SSSR count). The van der Waals surface area contributed by atoms with E-state index in [9.17, 15) is 0 Å². The second-order valence-corrected chi connectivity index (χ2v) is 16.7. The molecule has 0 amide bonds. The van der Waals surface area contributed by atoms with Gasteiger partial charge in [0.25, 0.3) is 0 Å². The van der Waals surface area contributed by atoms with Gasteiger partial charge in [-0.3, -0.25) is 0 Å². The first-order chi connectivity index (χ1) is 26.6. The third-order valence-electron chi connectivity index (χ3n) is 11.7. The van der Waals surface area contributed by atoms with Crippen LogP contribution in [0.15, 0.2) is 174 Å². The zero-order valence-corrected chi connectivity index (χ0v) is 31.0. The number of fused-ring (bicyclic) bond motifs is 12. The third-order valence-corrected chi connectivity index (χ3v) is 14.0. The van der Waals surface area contributed by atoms with Crippen LogP contribution >= 0.6 is 22.7 Å². The van der Waals surface area contributed by atoms with Crippen molar-refractivity contribution >= 4 is 102 Å². The van der Waals surface area contributed by atoms with Crippen LogP contribution in [0.5, 0.6) is 0 Å². The van der Waals surface area contributed by atoms with Crippen LogP contribution in [-0.2, 0) is 5.41 Å². The lowest BCUT2D eigenvalue weighted by molar-refractivity contribution is 0.666. The summed E-state index contributed by atoms with van der Waals surface area (Å²) in [6.45, 7) is 2.39. The Balaban J connectivity index is 1.11. The molecule has 0 spiro atoms. The van der Waals surface area contributed by atoms with Crippen LogP contribution in [0.4, 0.5) is 17.1 Å². The van der Waals surface area contributed by atoms with Crippen molar-refractivity contribution in [1.82, 2.24) is 0 Å². The lowest BCUT2D eigenvalue weighted by atomic mass is 9.73. The van der Waals surface area contributed by atoms with Gasteiger partial charge in [0.15, 0.2) is 0 Å². The monoisotopic (exact) mass is 725 g/mol. The lowest BCUT2D eigenvalue weighted by Gasteiger charge is -2.29. The van der Waals surface area contributed by atoms with Crippen molar-refractivity contribution in [3.05, 3.63) is 187 Å². The van der Waals surface area contributed by atoms with Gasteiger partial charge in [-0.05, 0) is 95.4 Å². The first-order valence-corrected chi connectivity index (χ1v) is 20.0. The number of benzene rings is 8. The van der Waals surface area contributed by atoms with Crippen LogP contribution in [0, 0.1) is 0 Å². The Bertz CT molecular complexity index is 3170.